The Balaban J connectivity index is 3.05. The average Bonchev–Trinajstić information content (AvgIpc) is 2.28. The van der Waals surface area contributed by atoms with Gasteiger partial charge in [-0.2, -0.15) is 0 Å². The minimum atomic E-state index is 0.0761. The summed E-state index contributed by atoms with van der Waals surface area (Å²) in [5.41, 5.74) is 6.64. The highest BCUT2D eigenvalue weighted by Gasteiger charge is 2.22. The predicted molar refractivity (Wildman–Crippen MR) is 69.9 cm³/mol. The largest absolute Gasteiger partial charge is 0.355 e. The molecule has 0 saturated carbocycles. The van der Waals surface area contributed by atoms with Crippen molar-refractivity contribution in [3.05, 3.63) is 22.8 Å². The van der Waals surface area contributed by atoms with Gasteiger partial charge >= 0.3 is 0 Å². The Morgan fingerprint density at radius 2 is 2.12 bits per heavy atom. The molecule has 2 N–H and O–H groups in total. The number of hydrogen-bond donors (Lipinski definition) is 1. The van der Waals surface area contributed by atoms with Gasteiger partial charge in [-0.1, -0.05) is 18.5 Å². The number of aromatic nitrogens is 1. The van der Waals surface area contributed by atoms with Crippen molar-refractivity contribution in [1.82, 2.24) is 4.98 Å². The van der Waals surface area contributed by atoms with Gasteiger partial charge in [0, 0.05) is 25.3 Å². The molecule has 0 atom stereocenters. The van der Waals surface area contributed by atoms with Crippen LogP contribution in [-0.4, -0.2) is 17.6 Å². The van der Waals surface area contributed by atoms with E-state index < -0.39 is 0 Å². The van der Waals surface area contributed by atoms with Gasteiger partial charge in [-0.25, -0.2) is 4.98 Å². The van der Waals surface area contributed by atoms with Crippen LogP contribution < -0.4 is 10.6 Å². The number of nitrogens with zero attached hydrogens (tertiary/aromatic N) is 2. The molecule has 1 aromatic rings. The fourth-order valence-corrected chi connectivity index (χ4v) is 1.54. The summed E-state index contributed by atoms with van der Waals surface area (Å²) in [5, 5.41) is 0.633. The molecule has 1 heterocycles. The van der Waals surface area contributed by atoms with Crippen molar-refractivity contribution in [1.29, 1.82) is 0 Å². The Bertz CT molecular complexity index is 363. The minimum Gasteiger partial charge on any atom is -0.355 e. The standard InChI is InChI=1S/C12H20ClN3/c1-5-12(2,3)16(4)11-6-9(7-14)10(13)8-15-11/h6,8H,5,7,14H2,1-4H3. The number of hydrogen-bond acceptors (Lipinski definition) is 3. The first-order valence-electron chi connectivity index (χ1n) is 5.50. The van der Waals surface area contributed by atoms with Gasteiger partial charge in [-0.05, 0) is 31.9 Å². The Morgan fingerprint density at radius 3 is 2.62 bits per heavy atom. The topological polar surface area (TPSA) is 42.1 Å². The molecule has 0 aromatic carbocycles. The van der Waals surface area contributed by atoms with E-state index >= 15 is 0 Å². The highest BCUT2D eigenvalue weighted by Crippen LogP contribution is 2.25. The molecule has 16 heavy (non-hydrogen) atoms. The molecule has 1 rings (SSSR count). The van der Waals surface area contributed by atoms with Crippen LogP contribution >= 0.6 is 11.6 Å². The van der Waals surface area contributed by atoms with Gasteiger partial charge in [-0.15, -0.1) is 0 Å². The van der Waals surface area contributed by atoms with Crippen molar-refractivity contribution in [2.24, 2.45) is 5.73 Å². The summed E-state index contributed by atoms with van der Waals surface area (Å²) in [5.74, 6) is 0.914. The van der Waals surface area contributed by atoms with Crippen LogP contribution in [0, 0.1) is 0 Å². The summed E-state index contributed by atoms with van der Waals surface area (Å²) in [6.07, 6.45) is 2.72. The van der Waals surface area contributed by atoms with Gasteiger partial charge in [0.2, 0.25) is 0 Å². The third kappa shape index (κ3) is 2.66. The lowest BCUT2D eigenvalue weighted by atomic mass is 10.00. The highest BCUT2D eigenvalue weighted by atomic mass is 35.5. The van der Waals surface area contributed by atoms with E-state index in [0.717, 1.165) is 17.8 Å². The summed E-state index contributed by atoms with van der Waals surface area (Å²) in [6.45, 7) is 6.97. The fourth-order valence-electron chi connectivity index (χ4n) is 1.35. The van der Waals surface area contributed by atoms with Crippen LogP contribution in [0.5, 0.6) is 0 Å². The second-order valence-electron chi connectivity index (χ2n) is 4.56. The molecular formula is C12H20ClN3. The summed E-state index contributed by atoms with van der Waals surface area (Å²) in [4.78, 5) is 6.49. The van der Waals surface area contributed by atoms with E-state index in [-0.39, 0.29) is 5.54 Å². The van der Waals surface area contributed by atoms with Crippen LogP contribution in [0.4, 0.5) is 5.82 Å². The normalized spacial score (nSPS) is 11.6. The first-order chi connectivity index (χ1) is 7.42. The molecule has 1 aromatic heterocycles. The summed E-state index contributed by atoms with van der Waals surface area (Å²) in [6, 6.07) is 1.96. The van der Waals surface area contributed by atoms with Crippen molar-refractivity contribution in [2.75, 3.05) is 11.9 Å². The van der Waals surface area contributed by atoms with E-state index in [4.69, 9.17) is 17.3 Å². The molecule has 0 saturated heterocycles. The van der Waals surface area contributed by atoms with Crippen LogP contribution in [0.25, 0.3) is 0 Å². The van der Waals surface area contributed by atoms with Crippen molar-refractivity contribution in [3.8, 4) is 0 Å². The zero-order valence-corrected chi connectivity index (χ0v) is 11.2. The maximum absolute atomic E-state index is 5.99. The Labute approximate surface area is 103 Å². The van der Waals surface area contributed by atoms with Crippen molar-refractivity contribution < 1.29 is 0 Å². The monoisotopic (exact) mass is 241 g/mol. The van der Waals surface area contributed by atoms with Crippen LogP contribution in [0.1, 0.15) is 32.8 Å². The quantitative estimate of drug-likeness (QED) is 0.882. The SMILES string of the molecule is CCC(C)(C)N(C)c1cc(CN)c(Cl)cn1. The van der Waals surface area contributed by atoms with Gasteiger partial charge < -0.3 is 10.6 Å². The van der Waals surface area contributed by atoms with Crippen molar-refractivity contribution >= 4 is 17.4 Å². The van der Waals surface area contributed by atoms with Crippen LogP contribution in [-0.2, 0) is 6.54 Å². The van der Waals surface area contributed by atoms with Crippen LogP contribution in [0.3, 0.4) is 0 Å². The van der Waals surface area contributed by atoms with Crippen LogP contribution in [0.2, 0.25) is 5.02 Å². The zero-order valence-electron chi connectivity index (χ0n) is 10.4. The summed E-state index contributed by atoms with van der Waals surface area (Å²) < 4.78 is 0. The van der Waals surface area contributed by atoms with E-state index in [1.807, 2.05) is 13.1 Å². The molecule has 0 aliphatic rings. The molecule has 0 radical (unpaired) electrons. The Kier molecular flexibility index (Phi) is 4.16. The molecule has 3 nitrogen and oxygen atoms in total. The van der Waals surface area contributed by atoms with E-state index in [0.29, 0.717) is 11.6 Å². The Morgan fingerprint density at radius 1 is 1.50 bits per heavy atom. The lowest BCUT2D eigenvalue weighted by molar-refractivity contribution is 0.467. The second-order valence-corrected chi connectivity index (χ2v) is 4.97. The first-order valence-corrected chi connectivity index (χ1v) is 5.88. The predicted octanol–water partition coefficient (Wildman–Crippen LogP) is 2.82. The molecule has 4 heteroatoms. The second kappa shape index (κ2) is 5.02. The van der Waals surface area contributed by atoms with Gasteiger partial charge in [0.05, 0.1) is 5.02 Å². The highest BCUT2D eigenvalue weighted by molar-refractivity contribution is 6.31. The number of nitrogens with two attached hydrogens (primary N) is 1. The number of pyridine rings is 1. The lowest BCUT2D eigenvalue weighted by Gasteiger charge is -2.36. The molecule has 0 aliphatic heterocycles. The van der Waals surface area contributed by atoms with E-state index in [1.165, 1.54) is 0 Å². The Hall–Kier alpha value is -0.800. The lowest BCUT2D eigenvalue weighted by Crippen LogP contribution is -2.41. The molecule has 0 bridgehead atoms. The average molecular weight is 242 g/mol. The van der Waals surface area contributed by atoms with E-state index in [2.05, 4.69) is 30.7 Å². The maximum Gasteiger partial charge on any atom is 0.129 e. The van der Waals surface area contributed by atoms with Crippen molar-refractivity contribution in [3.63, 3.8) is 0 Å². The summed E-state index contributed by atoms with van der Waals surface area (Å²) >= 11 is 5.99. The maximum atomic E-state index is 5.99. The molecule has 0 amide bonds. The molecule has 90 valence electrons. The molecule has 0 spiro atoms. The number of anilines is 1. The van der Waals surface area contributed by atoms with Crippen molar-refractivity contribution in [2.45, 2.75) is 39.3 Å². The van der Waals surface area contributed by atoms with Gasteiger partial charge in [0.1, 0.15) is 5.82 Å². The third-order valence-corrected chi connectivity index (χ3v) is 3.60. The number of rotatable bonds is 4. The van der Waals surface area contributed by atoms with Crippen LogP contribution in [0.15, 0.2) is 12.3 Å². The zero-order chi connectivity index (χ0) is 12.3. The molecule has 0 fully saturated rings. The third-order valence-electron chi connectivity index (χ3n) is 3.26. The molecular weight excluding hydrogens is 222 g/mol. The summed E-state index contributed by atoms with van der Waals surface area (Å²) in [7, 11) is 2.04. The molecule has 0 unspecified atom stereocenters. The first kappa shape index (κ1) is 13.3. The smallest absolute Gasteiger partial charge is 0.129 e. The van der Waals surface area contributed by atoms with Gasteiger partial charge in [0.25, 0.3) is 0 Å². The minimum absolute atomic E-state index is 0.0761. The van der Waals surface area contributed by atoms with E-state index in [9.17, 15) is 0 Å². The number of halogens is 1. The van der Waals surface area contributed by atoms with Gasteiger partial charge in [-0.3, -0.25) is 0 Å². The fraction of sp³-hybridized carbons (Fsp3) is 0.583. The molecule has 0 aliphatic carbocycles. The van der Waals surface area contributed by atoms with Gasteiger partial charge in [0.15, 0.2) is 0 Å². The van der Waals surface area contributed by atoms with E-state index in [1.54, 1.807) is 6.20 Å².